The van der Waals surface area contributed by atoms with E-state index in [1.54, 1.807) is 19.1 Å². The van der Waals surface area contributed by atoms with Gasteiger partial charge in [-0.2, -0.15) is 0 Å². The van der Waals surface area contributed by atoms with Crippen molar-refractivity contribution in [2.24, 2.45) is 0 Å². The Balaban J connectivity index is 0.808. The molecule has 2 aliphatic rings. The minimum atomic E-state index is -0.347. The van der Waals surface area contributed by atoms with Gasteiger partial charge in [-0.15, -0.1) is 0 Å². The molecule has 10 nitrogen and oxygen atoms in total. The summed E-state index contributed by atoms with van der Waals surface area (Å²) in [7, 11) is 3.33. The summed E-state index contributed by atoms with van der Waals surface area (Å²) in [6, 6.07) is 44.6. The Morgan fingerprint density at radius 2 is 0.482 bits per heavy atom. The number of nitrogens with zero attached hydrogens (tertiary/aromatic N) is 2. The monoisotopic (exact) mass is 1450 g/mol. The fourth-order valence-electron chi connectivity index (χ4n) is 21.0. The first-order valence-corrected chi connectivity index (χ1v) is 41.8. The maximum Gasteiger partial charge on any atom is 0.261 e. The molecule has 4 amide bonds. The zero-order valence-electron chi connectivity index (χ0n) is 65.2. The lowest BCUT2D eigenvalue weighted by molar-refractivity contribution is 0.0511. The van der Waals surface area contributed by atoms with Gasteiger partial charge in [-0.1, -0.05) is 253 Å². The molecule has 0 aromatic heterocycles. The maximum absolute atomic E-state index is 16.0. The van der Waals surface area contributed by atoms with Crippen LogP contribution in [0.4, 0.5) is 0 Å². The lowest BCUT2D eigenvalue weighted by atomic mass is 9.79. The predicted molar refractivity (Wildman–Crippen MR) is 460 cm³/mol. The summed E-state index contributed by atoms with van der Waals surface area (Å²) in [5.74, 6) is 1.51. The highest BCUT2D eigenvalue weighted by atomic mass is 16.5. The number of carbonyl (C=O) groups is 4. The van der Waals surface area contributed by atoms with Gasteiger partial charge in [-0.25, -0.2) is 0 Å². The van der Waals surface area contributed by atoms with Crippen LogP contribution in [0, 0.1) is 0 Å². The number of rotatable bonds is 32. The minimum absolute atomic E-state index is 0.198. The Hall–Kier alpha value is -10.3. The van der Waals surface area contributed by atoms with Crippen molar-refractivity contribution in [2.45, 2.75) is 208 Å². The first-order chi connectivity index (χ1) is 54.0. The SMILES string of the molecule is CCCCCCCCOc1cc2c3c(cc(OCCCCCCCC)c4c5ccc6c7ccc8c9ccc%10c%11ccc%12c%13c(OC)cc%14c%15c(cc(OC)c(c%16ccc(c%17ccc(c%18ccc(c%19ccc(c1c34)c5c%196)c7c%188)c9c%17%10)c%11c%16%12)c%15%13)C(=O)N(C(C)C)C%14=O)C(=O)N(C(CCCCCCC)CCCCCCC)C2=O. The fraction of sp³-hybridized carbons (Fsp3) is 0.360. The summed E-state index contributed by atoms with van der Waals surface area (Å²) in [6.07, 6.45) is 26.3. The third kappa shape index (κ3) is 10.3. The molecule has 110 heavy (non-hydrogen) atoms. The second-order valence-electron chi connectivity index (χ2n) is 32.7. The summed E-state index contributed by atoms with van der Waals surface area (Å²) in [6.45, 7) is 13.8. The third-order valence-electron chi connectivity index (χ3n) is 26.0. The van der Waals surface area contributed by atoms with Crippen molar-refractivity contribution >= 4 is 196 Å². The Morgan fingerprint density at radius 1 is 0.255 bits per heavy atom. The van der Waals surface area contributed by atoms with Gasteiger partial charge >= 0.3 is 0 Å². The molecule has 19 rings (SSSR count). The van der Waals surface area contributed by atoms with E-state index in [0.29, 0.717) is 63.9 Å². The van der Waals surface area contributed by atoms with Gasteiger partial charge < -0.3 is 18.9 Å². The van der Waals surface area contributed by atoms with Crippen LogP contribution in [0.2, 0.25) is 0 Å². The van der Waals surface area contributed by atoms with Crippen LogP contribution in [-0.2, 0) is 0 Å². The first-order valence-electron chi connectivity index (χ1n) is 41.8. The molecule has 10 heteroatoms. The summed E-state index contributed by atoms with van der Waals surface area (Å²) in [5, 5.41) is 34.6. The second kappa shape index (κ2) is 27.9. The van der Waals surface area contributed by atoms with Crippen molar-refractivity contribution in [2.75, 3.05) is 27.4 Å². The zero-order valence-corrected chi connectivity index (χ0v) is 65.2. The molecule has 0 saturated carbocycles. The van der Waals surface area contributed by atoms with Gasteiger partial charge in [-0.3, -0.25) is 29.0 Å². The molecule has 17 aromatic carbocycles. The van der Waals surface area contributed by atoms with Crippen LogP contribution in [0.1, 0.15) is 237 Å². The zero-order chi connectivity index (χ0) is 75.1. The lowest BCUT2D eigenvalue weighted by Gasteiger charge is -2.35. The molecule has 17 aromatic rings. The molecule has 2 aliphatic heterocycles. The molecule has 0 atom stereocenters. The molecule has 0 bridgehead atoms. The number of carbonyl (C=O) groups excluding carboxylic acids is 4. The van der Waals surface area contributed by atoms with Crippen molar-refractivity contribution in [3.63, 3.8) is 0 Å². The number of amides is 4. The van der Waals surface area contributed by atoms with Crippen LogP contribution in [-0.4, -0.2) is 72.9 Å². The van der Waals surface area contributed by atoms with Crippen LogP contribution in [0.3, 0.4) is 0 Å². The van der Waals surface area contributed by atoms with Gasteiger partial charge in [0.15, 0.2) is 0 Å². The van der Waals surface area contributed by atoms with Crippen molar-refractivity contribution < 1.29 is 38.1 Å². The van der Waals surface area contributed by atoms with E-state index < -0.39 is 0 Å². The number of methoxy groups -OCH3 is 2. The van der Waals surface area contributed by atoms with E-state index in [9.17, 15) is 9.59 Å². The van der Waals surface area contributed by atoms with E-state index in [1.807, 2.05) is 38.1 Å². The van der Waals surface area contributed by atoms with E-state index in [2.05, 4.69) is 125 Å². The number of unbranched alkanes of at least 4 members (excludes halogenated alkanes) is 18. The first kappa shape index (κ1) is 70.1. The van der Waals surface area contributed by atoms with Crippen LogP contribution >= 0.6 is 0 Å². The summed E-state index contributed by atoms with van der Waals surface area (Å²) < 4.78 is 27.1. The highest BCUT2D eigenvalue weighted by Gasteiger charge is 2.42. The van der Waals surface area contributed by atoms with Gasteiger partial charge in [0.1, 0.15) is 23.0 Å². The summed E-state index contributed by atoms with van der Waals surface area (Å²) in [4.78, 5) is 63.8. The van der Waals surface area contributed by atoms with Crippen molar-refractivity contribution in [3.05, 3.63) is 144 Å². The molecule has 0 N–H and O–H groups in total. The molecule has 0 radical (unpaired) electrons. The maximum atomic E-state index is 16.0. The minimum Gasteiger partial charge on any atom is -0.496 e. The number of hydrogen-bond acceptors (Lipinski definition) is 8. The number of fused-ring (bicyclic) bond motifs is 10. The van der Waals surface area contributed by atoms with Gasteiger partial charge in [0.2, 0.25) is 0 Å². The van der Waals surface area contributed by atoms with Crippen LogP contribution in [0.25, 0.3) is 172 Å². The van der Waals surface area contributed by atoms with Crippen LogP contribution in [0.5, 0.6) is 23.0 Å². The van der Waals surface area contributed by atoms with E-state index in [-0.39, 0.29) is 35.7 Å². The van der Waals surface area contributed by atoms with Gasteiger partial charge in [0.05, 0.1) is 49.7 Å². The molecule has 2 heterocycles. The average Bonchev–Trinajstić information content (AvgIpc) is 0.673. The van der Waals surface area contributed by atoms with Gasteiger partial charge in [-0.05, 0) is 193 Å². The Kier molecular flexibility index (Phi) is 17.8. The van der Waals surface area contributed by atoms with E-state index in [4.69, 9.17) is 18.9 Å². The quantitative estimate of drug-likeness (QED) is 0.0177. The highest BCUT2D eigenvalue weighted by Crippen LogP contribution is 2.58. The molecule has 0 spiro atoms. The lowest BCUT2D eigenvalue weighted by Crippen LogP contribution is -2.47. The largest absolute Gasteiger partial charge is 0.496 e. The Labute approximate surface area is 641 Å². The second-order valence-corrected chi connectivity index (χ2v) is 32.7. The summed E-state index contributed by atoms with van der Waals surface area (Å²) in [5.41, 5.74) is 2.03. The van der Waals surface area contributed by atoms with Crippen molar-refractivity contribution in [3.8, 4) is 23.0 Å². The third-order valence-corrected chi connectivity index (χ3v) is 26.0. The number of hydrogen-bond donors (Lipinski definition) is 0. The Morgan fingerprint density at radius 3 is 0.755 bits per heavy atom. The van der Waals surface area contributed by atoms with Crippen LogP contribution < -0.4 is 18.9 Å². The van der Waals surface area contributed by atoms with Gasteiger partial charge in [0.25, 0.3) is 23.6 Å². The highest BCUT2D eigenvalue weighted by molar-refractivity contribution is 6.51. The van der Waals surface area contributed by atoms with Crippen molar-refractivity contribution in [1.29, 1.82) is 0 Å². The van der Waals surface area contributed by atoms with Crippen molar-refractivity contribution in [1.82, 2.24) is 9.80 Å². The van der Waals surface area contributed by atoms with E-state index in [0.717, 1.165) is 189 Å². The van der Waals surface area contributed by atoms with E-state index >= 15 is 9.59 Å². The number of ether oxygens (including phenoxy) is 4. The molecule has 0 saturated heterocycles. The Bertz CT molecular complexity index is 6240. The normalized spacial score (nSPS) is 13.9. The molecule has 0 aliphatic carbocycles. The molecular weight excluding hydrogens is 1360 g/mol. The topological polar surface area (TPSA) is 112 Å². The average molecular weight is 1460 g/mol. The smallest absolute Gasteiger partial charge is 0.261 e. The van der Waals surface area contributed by atoms with Crippen LogP contribution in [0.15, 0.2) is 121 Å². The number of imide groups is 2. The predicted octanol–water partition coefficient (Wildman–Crippen LogP) is 27.5. The molecule has 0 unspecified atom stereocenters. The van der Waals surface area contributed by atoms with Gasteiger partial charge in [0, 0.05) is 55.2 Å². The molecular formula is C100H98N2O8. The summed E-state index contributed by atoms with van der Waals surface area (Å²) >= 11 is 0. The molecule has 556 valence electrons. The number of benzene rings is 17. The fourth-order valence-corrected chi connectivity index (χ4v) is 21.0. The van der Waals surface area contributed by atoms with E-state index in [1.165, 1.54) is 137 Å². The molecule has 0 fully saturated rings. The standard InChI is InChI=1S/C100H98N2O8/c1-9-13-17-21-25-29-49-109-79-53-75-90-76(100(106)102(99(75)105)56(31-27-23-19-15-11-3)32-28-24-20-16-12-4)54-80(110-50-30-26-22-18-14-10-2)94-72-48-44-68-64-40-36-60-58-34-38-62-66-42-46-70-87-69(91-77(107-7)51-73-89-74(52-78(108-8)92(70)95(89)91)98(104)101(55(5)6)97(73)103)45-41-65(85(66)87)61-37-33-57(81(58)83(61)62)59-35-39-63(84(64)82(59)60)67-43-47-71(88(72)86(67)68)93(79)96(90)94/h33-48,51-56H,9-32,49-50H2,1-8H3.